The Labute approximate surface area is 131 Å². The van der Waals surface area contributed by atoms with Crippen LogP contribution in [0.4, 0.5) is 14.5 Å². The van der Waals surface area contributed by atoms with Gasteiger partial charge >= 0.3 is 0 Å². The van der Waals surface area contributed by atoms with Crippen molar-refractivity contribution in [3.63, 3.8) is 0 Å². The minimum absolute atomic E-state index is 0.128. The van der Waals surface area contributed by atoms with Gasteiger partial charge in [0, 0.05) is 29.5 Å². The van der Waals surface area contributed by atoms with Gasteiger partial charge in [0.25, 0.3) is 0 Å². The van der Waals surface area contributed by atoms with E-state index in [-0.39, 0.29) is 5.56 Å². The van der Waals surface area contributed by atoms with Crippen LogP contribution < -0.4 is 14.8 Å². The molecule has 6 heteroatoms. The van der Waals surface area contributed by atoms with Crippen molar-refractivity contribution < 1.29 is 23.0 Å². The van der Waals surface area contributed by atoms with Crippen LogP contribution in [0.15, 0.2) is 42.5 Å². The molecule has 2 aromatic rings. The highest BCUT2D eigenvalue weighted by Gasteiger charge is 2.12. The number of anilines is 1. The second-order valence-corrected chi connectivity index (χ2v) is 4.85. The highest BCUT2D eigenvalue weighted by molar-refractivity contribution is 6.02. The summed E-state index contributed by atoms with van der Waals surface area (Å²) in [4.78, 5) is 11.9. The molecule has 4 nitrogen and oxygen atoms in total. The van der Waals surface area contributed by atoms with Crippen molar-refractivity contribution in [3.8, 4) is 11.5 Å². The van der Waals surface area contributed by atoms with Gasteiger partial charge in [-0.3, -0.25) is 4.79 Å². The molecule has 0 saturated carbocycles. The van der Waals surface area contributed by atoms with Gasteiger partial charge in [0.2, 0.25) is 5.91 Å². The van der Waals surface area contributed by atoms with Gasteiger partial charge in [-0.2, -0.15) is 0 Å². The lowest BCUT2D eigenvalue weighted by Crippen LogP contribution is -2.16. The highest BCUT2D eigenvalue weighted by Crippen LogP contribution is 2.32. The number of carbonyl (C=O) groups is 1. The number of benzene rings is 2. The molecular formula is C17H13F2NO3. The van der Waals surface area contributed by atoms with Gasteiger partial charge in [0.15, 0.2) is 11.5 Å². The molecule has 1 N–H and O–H groups in total. The molecule has 0 unspecified atom stereocenters. The van der Waals surface area contributed by atoms with E-state index in [2.05, 4.69) is 5.32 Å². The summed E-state index contributed by atoms with van der Waals surface area (Å²) in [5, 5.41) is 2.64. The van der Waals surface area contributed by atoms with E-state index in [4.69, 9.17) is 9.47 Å². The topological polar surface area (TPSA) is 47.6 Å². The number of nitrogens with one attached hydrogen (secondary N) is 1. The van der Waals surface area contributed by atoms with Crippen LogP contribution in [0.1, 0.15) is 5.56 Å². The van der Waals surface area contributed by atoms with Gasteiger partial charge in [-0.25, -0.2) is 8.78 Å². The van der Waals surface area contributed by atoms with E-state index in [0.29, 0.717) is 30.4 Å². The molecule has 2 aromatic carbocycles. The van der Waals surface area contributed by atoms with Crippen molar-refractivity contribution in [2.75, 3.05) is 18.5 Å². The second kappa shape index (κ2) is 6.48. The first-order valence-corrected chi connectivity index (χ1v) is 6.95. The summed E-state index contributed by atoms with van der Waals surface area (Å²) in [5.74, 6) is -0.653. The summed E-state index contributed by atoms with van der Waals surface area (Å²) in [7, 11) is 0. The maximum absolute atomic E-state index is 13.5. The summed E-state index contributed by atoms with van der Waals surface area (Å²) >= 11 is 0. The van der Waals surface area contributed by atoms with Crippen LogP contribution in [0.2, 0.25) is 0 Å². The van der Waals surface area contributed by atoms with Crippen LogP contribution in [-0.4, -0.2) is 19.1 Å². The largest absolute Gasteiger partial charge is 0.486 e. The Morgan fingerprint density at radius 1 is 1.04 bits per heavy atom. The van der Waals surface area contributed by atoms with Gasteiger partial charge in [0.1, 0.15) is 24.8 Å². The molecule has 0 atom stereocenters. The van der Waals surface area contributed by atoms with Gasteiger partial charge in [-0.1, -0.05) is 0 Å². The van der Waals surface area contributed by atoms with Gasteiger partial charge in [-0.05, 0) is 30.3 Å². The summed E-state index contributed by atoms with van der Waals surface area (Å²) in [5.41, 5.74) is 0.659. The van der Waals surface area contributed by atoms with Crippen LogP contribution >= 0.6 is 0 Å². The minimum atomic E-state index is -0.728. The number of rotatable bonds is 3. The lowest BCUT2D eigenvalue weighted by molar-refractivity contribution is -0.111. The van der Waals surface area contributed by atoms with Crippen molar-refractivity contribution in [3.05, 3.63) is 59.7 Å². The summed E-state index contributed by atoms with van der Waals surface area (Å²) in [6.07, 6.45) is 2.45. The normalized spacial score (nSPS) is 13.1. The van der Waals surface area contributed by atoms with Crippen molar-refractivity contribution in [2.24, 2.45) is 0 Å². The Bertz CT molecular complexity index is 774. The molecule has 0 bridgehead atoms. The Morgan fingerprint density at radius 3 is 2.61 bits per heavy atom. The zero-order valence-corrected chi connectivity index (χ0v) is 12.0. The van der Waals surface area contributed by atoms with E-state index in [1.807, 2.05) is 0 Å². The van der Waals surface area contributed by atoms with E-state index >= 15 is 0 Å². The maximum Gasteiger partial charge on any atom is 0.248 e. The number of amides is 1. The fourth-order valence-corrected chi connectivity index (χ4v) is 2.11. The molecule has 3 rings (SSSR count). The third-order valence-corrected chi connectivity index (χ3v) is 3.19. The summed E-state index contributed by atoms with van der Waals surface area (Å²) in [6, 6.07) is 8.18. The van der Waals surface area contributed by atoms with Crippen molar-refractivity contribution >= 4 is 17.7 Å². The van der Waals surface area contributed by atoms with Crippen molar-refractivity contribution in [1.29, 1.82) is 0 Å². The first-order valence-electron chi connectivity index (χ1n) is 6.95. The van der Waals surface area contributed by atoms with E-state index in [0.717, 1.165) is 12.1 Å². The SMILES string of the molecule is O=C(C=Cc1ccc(F)cc1F)Nc1ccc2c(c1)OCCO2. The predicted molar refractivity (Wildman–Crippen MR) is 81.5 cm³/mol. The molecular weight excluding hydrogens is 304 g/mol. The molecule has 0 aromatic heterocycles. The molecule has 0 aliphatic carbocycles. The minimum Gasteiger partial charge on any atom is -0.486 e. The van der Waals surface area contributed by atoms with Crippen molar-refractivity contribution in [1.82, 2.24) is 0 Å². The van der Waals surface area contributed by atoms with Gasteiger partial charge in [0.05, 0.1) is 0 Å². The maximum atomic E-state index is 13.5. The number of fused-ring (bicyclic) bond motifs is 1. The number of hydrogen-bond acceptors (Lipinski definition) is 3. The van der Waals surface area contributed by atoms with Crippen LogP contribution in [0.3, 0.4) is 0 Å². The van der Waals surface area contributed by atoms with Gasteiger partial charge < -0.3 is 14.8 Å². The first kappa shape index (κ1) is 15.0. The molecule has 1 amide bonds. The summed E-state index contributed by atoms with van der Waals surface area (Å²) < 4.78 is 37.1. The Balaban J connectivity index is 1.68. The number of carbonyl (C=O) groups excluding carboxylic acids is 1. The lowest BCUT2D eigenvalue weighted by Gasteiger charge is -2.18. The fourth-order valence-electron chi connectivity index (χ4n) is 2.11. The molecule has 23 heavy (non-hydrogen) atoms. The predicted octanol–water partition coefficient (Wildman–Crippen LogP) is 3.39. The van der Waals surface area contributed by atoms with E-state index < -0.39 is 17.5 Å². The quantitative estimate of drug-likeness (QED) is 0.883. The lowest BCUT2D eigenvalue weighted by atomic mass is 10.2. The standard InChI is InChI=1S/C17H13F2NO3/c18-12-3-1-11(14(19)9-12)2-6-17(21)20-13-4-5-15-16(10-13)23-8-7-22-15/h1-6,9-10H,7-8H2,(H,20,21). The van der Waals surface area contributed by atoms with Crippen LogP contribution in [-0.2, 0) is 4.79 Å². The smallest absolute Gasteiger partial charge is 0.248 e. The van der Waals surface area contributed by atoms with Crippen LogP contribution in [0.25, 0.3) is 6.08 Å². The Kier molecular flexibility index (Phi) is 4.23. The fraction of sp³-hybridized carbons (Fsp3) is 0.118. The first-order chi connectivity index (χ1) is 11.1. The second-order valence-electron chi connectivity index (χ2n) is 4.85. The molecule has 118 valence electrons. The molecule has 0 spiro atoms. The Morgan fingerprint density at radius 2 is 1.83 bits per heavy atom. The average Bonchev–Trinajstić information content (AvgIpc) is 2.54. The Hall–Kier alpha value is -2.89. The van der Waals surface area contributed by atoms with E-state index in [1.54, 1.807) is 18.2 Å². The molecule has 0 radical (unpaired) electrons. The third-order valence-electron chi connectivity index (χ3n) is 3.19. The van der Waals surface area contributed by atoms with Gasteiger partial charge in [-0.15, -0.1) is 0 Å². The highest BCUT2D eigenvalue weighted by atomic mass is 19.1. The van der Waals surface area contributed by atoms with E-state index in [9.17, 15) is 13.6 Å². The van der Waals surface area contributed by atoms with E-state index in [1.165, 1.54) is 18.2 Å². The zero-order valence-electron chi connectivity index (χ0n) is 12.0. The van der Waals surface area contributed by atoms with Crippen LogP contribution in [0.5, 0.6) is 11.5 Å². The molecule has 1 heterocycles. The van der Waals surface area contributed by atoms with Crippen molar-refractivity contribution in [2.45, 2.75) is 0 Å². The third kappa shape index (κ3) is 3.66. The molecule has 0 saturated heterocycles. The monoisotopic (exact) mass is 317 g/mol. The van der Waals surface area contributed by atoms with Crippen LogP contribution in [0, 0.1) is 11.6 Å². The molecule has 1 aliphatic heterocycles. The molecule has 1 aliphatic rings. The molecule has 0 fully saturated rings. The average molecular weight is 317 g/mol. The summed E-state index contributed by atoms with van der Waals surface area (Å²) in [6.45, 7) is 0.943. The number of ether oxygens (including phenoxy) is 2. The zero-order chi connectivity index (χ0) is 16.2. The number of hydrogen-bond donors (Lipinski definition) is 1. The number of halogens is 2.